The van der Waals surface area contributed by atoms with Crippen LogP contribution in [0.1, 0.15) is 55.2 Å². The van der Waals surface area contributed by atoms with Gasteiger partial charge in [0.1, 0.15) is 11.5 Å². The molecule has 2 aromatic carbocycles. The van der Waals surface area contributed by atoms with Crippen LogP contribution < -0.4 is 20.1 Å². The van der Waals surface area contributed by atoms with E-state index in [0.717, 1.165) is 21.9 Å². The maximum atomic E-state index is 13.4. The molecule has 1 heterocycles. The molecule has 224 valence electrons. The number of aromatic nitrogens is 1. The van der Waals surface area contributed by atoms with Crippen LogP contribution in [0.3, 0.4) is 0 Å². The molecule has 1 aromatic heterocycles. The van der Waals surface area contributed by atoms with Crippen LogP contribution in [0.25, 0.3) is 0 Å². The normalized spacial score (nSPS) is 26.5. The lowest BCUT2D eigenvalue weighted by Gasteiger charge is -2.58. The molecule has 4 N–H and O–H groups in total. The summed E-state index contributed by atoms with van der Waals surface area (Å²) in [6.07, 6.45) is 1.41. The topological polar surface area (TPSA) is 130 Å². The first-order valence-electron chi connectivity index (χ1n) is 14.3. The SMILES string of the molecule is COc1ccc(CNC(=O)CC2c3nc(NC(=O)COc4ccccc4)sc3CC3C(C)(CO)C(O)CCC23C)cc1. The van der Waals surface area contributed by atoms with Crippen LogP contribution in [0.4, 0.5) is 5.13 Å². The van der Waals surface area contributed by atoms with E-state index in [4.69, 9.17) is 14.5 Å². The Labute approximate surface area is 250 Å². The van der Waals surface area contributed by atoms with E-state index in [2.05, 4.69) is 17.6 Å². The van der Waals surface area contributed by atoms with Gasteiger partial charge in [0.15, 0.2) is 11.7 Å². The van der Waals surface area contributed by atoms with Crippen molar-refractivity contribution in [2.24, 2.45) is 16.7 Å². The largest absolute Gasteiger partial charge is 0.497 e. The Morgan fingerprint density at radius 1 is 1.07 bits per heavy atom. The van der Waals surface area contributed by atoms with Crippen LogP contribution in [0.2, 0.25) is 0 Å². The molecule has 3 aromatic rings. The first-order valence-corrected chi connectivity index (χ1v) is 15.1. The summed E-state index contributed by atoms with van der Waals surface area (Å²) in [6.45, 7) is 4.18. The van der Waals surface area contributed by atoms with Gasteiger partial charge in [-0.25, -0.2) is 4.98 Å². The number of aliphatic hydroxyl groups is 2. The van der Waals surface area contributed by atoms with Crippen LogP contribution in [0, 0.1) is 16.7 Å². The second kappa shape index (κ2) is 12.4. The fourth-order valence-corrected chi connectivity index (χ4v) is 7.81. The summed E-state index contributed by atoms with van der Waals surface area (Å²) in [4.78, 5) is 31.9. The number of nitrogens with zero attached hydrogens (tertiary/aromatic N) is 1. The number of para-hydroxylation sites is 1. The van der Waals surface area contributed by atoms with Gasteiger partial charge >= 0.3 is 0 Å². The molecular formula is C32H39N3O6S. The van der Waals surface area contributed by atoms with E-state index in [0.29, 0.717) is 36.7 Å². The number of rotatable bonds is 10. The van der Waals surface area contributed by atoms with Gasteiger partial charge in [0.25, 0.3) is 5.91 Å². The number of hydrogen-bond acceptors (Lipinski definition) is 8. The molecule has 5 atom stereocenters. The van der Waals surface area contributed by atoms with Crippen molar-refractivity contribution in [2.45, 2.75) is 58.1 Å². The van der Waals surface area contributed by atoms with E-state index in [1.54, 1.807) is 19.2 Å². The molecule has 0 aliphatic heterocycles. The molecule has 5 rings (SSSR count). The molecule has 1 fully saturated rings. The van der Waals surface area contributed by atoms with Crippen molar-refractivity contribution in [3.8, 4) is 11.5 Å². The lowest BCUT2D eigenvalue weighted by Crippen LogP contribution is -2.57. The van der Waals surface area contributed by atoms with Gasteiger partial charge in [-0.2, -0.15) is 0 Å². The Hall–Kier alpha value is -3.47. The molecule has 0 radical (unpaired) electrons. The highest BCUT2D eigenvalue weighted by Gasteiger charge is 2.59. The Morgan fingerprint density at radius 3 is 2.50 bits per heavy atom. The van der Waals surface area contributed by atoms with Gasteiger partial charge in [0.05, 0.1) is 25.5 Å². The zero-order chi connectivity index (χ0) is 29.9. The lowest BCUT2D eigenvalue weighted by molar-refractivity contribution is -0.144. The number of carbonyl (C=O) groups excluding carboxylic acids is 2. The third-order valence-corrected chi connectivity index (χ3v) is 10.3. The molecule has 10 heteroatoms. The average Bonchev–Trinajstić information content (AvgIpc) is 3.40. The zero-order valence-electron chi connectivity index (χ0n) is 24.3. The molecule has 0 bridgehead atoms. The minimum absolute atomic E-state index is 0.0731. The quantitative estimate of drug-likeness (QED) is 0.276. The van der Waals surface area contributed by atoms with Crippen molar-refractivity contribution in [3.63, 3.8) is 0 Å². The number of fused-ring (bicyclic) bond motifs is 2. The number of nitrogens with one attached hydrogen (secondary N) is 2. The predicted molar refractivity (Wildman–Crippen MR) is 161 cm³/mol. The van der Waals surface area contributed by atoms with Crippen LogP contribution in [-0.2, 0) is 22.6 Å². The van der Waals surface area contributed by atoms with Crippen LogP contribution in [0.5, 0.6) is 11.5 Å². The summed E-state index contributed by atoms with van der Waals surface area (Å²) >= 11 is 1.39. The Balaban J connectivity index is 1.36. The van der Waals surface area contributed by atoms with Gasteiger partial charge in [-0.3, -0.25) is 14.9 Å². The number of aliphatic hydroxyl groups excluding tert-OH is 2. The van der Waals surface area contributed by atoms with Gasteiger partial charge in [-0.1, -0.05) is 44.2 Å². The summed E-state index contributed by atoms with van der Waals surface area (Å²) in [6, 6.07) is 16.7. The van der Waals surface area contributed by atoms with Crippen LogP contribution >= 0.6 is 11.3 Å². The minimum atomic E-state index is -0.723. The van der Waals surface area contributed by atoms with Gasteiger partial charge in [0, 0.05) is 29.2 Å². The Bertz CT molecular complexity index is 1400. The molecule has 42 heavy (non-hydrogen) atoms. The number of benzene rings is 2. The number of hydrogen-bond donors (Lipinski definition) is 4. The molecule has 1 saturated carbocycles. The number of amides is 2. The van der Waals surface area contributed by atoms with Crippen LogP contribution in [0.15, 0.2) is 54.6 Å². The minimum Gasteiger partial charge on any atom is -0.497 e. The average molecular weight is 594 g/mol. The third-order valence-electron chi connectivity index (χ3n) is 9.29. The highest BCUT2D eigenvalue weighted by atomic mass is 32.1. The smallest absolute Gasteiger partial charge is 0.264 e. The second-order valence-electron chi connectivity index (χ2n) is 11.8. The molecular weight excluding hydrogens is 554 g/mol. The van der Waals surface area contributed by atoms with E-state index in [1.165, 1.54) is 11.3 Å². The van der Waals surface area contributed by atoms with Crippen molar-refractivity contribution < 1.29 is 29.3 Å². The first-order chi connectivity index (χ1) is 20.2. The monoisotopic (exact) mass is 593 g/mol. The molecule has 9 nitrogen and oxygen atoms in total. The summed E-state index contributed by atoms with van der Waals surface area (Å²) in [5, 5.41) is 27.9. The molecule has 2 aliphatic rings. The van der Waals surface area contributed by atoms with E-state index in [-0.39, 0.29) is 48.7 Å². The number of carbonyl (C=O) groups is 2. The standard InChI is InChI=1S/C32H39N3O6S/c1-31-14-13-26(37)32(2,19-36)25(31)16-24-29(23(31)15-27(38)33-17-20-9-11-21(40-3)12-10-20)35-30(42-24)34-28(39)18-41-22-7-5-4-6-8-22/h4-12,23,25-26,36-37H,13-19H2,1-3H3,(H,33,38)(H,34,35,39). The van der Waals surface area contributed by atoms with Gasteiger partial charge in [-0.15, -0.1) is 11.3 Å². The highest BCUT2D eigenvalue weighted by Crippen LogP contribution is 2.62. The van der Waals surface area contributed by atoms with Gasteiger partial charge in [0.2, 0.25) is 5.91 Å². The van der Waals surface area contributed by atoms with E-state index in [9.17, 15) is 19.8 Å². The maximum Gasteiger partial charge on any atom is 0.264 e. The Morgan fingerprint density at radius 2 is 1.81 bits per heavy atom. The predicted octanol–water partition coefficient (Wildman–Crippen LogP) is 4.29. The summed E-state index contributed by atoms with van der Waals surface area (Å²) in [5.74, 6) is 0.612. The summed E-state index contributed by atoms with van der Waals surface area (Å²) in [7, 11) is 1.61. The number of methoxy groups -OCH3 is 1. The first kappa shape index (κ1) is 30.0. The van der Waals surface area contributed by atoms with Crippen LogP contribution in [-0.4, -0.2) is 53.4 Å². The lowest BCUT2D eigenvalue weighted by atomic mass is 9.47. The second-order valence-corrected chi connectivity index (χ2v) is 12.9. The van der Waals surface area contributed by atoms with Crippen molar-refractivity contribution in [2.75, 3.05) is 25.6 Å². The van der Waals surface area contributed by atoms with Crippen molar-refractivity contribution >= 4 is 28.3 Å². The number of thiazole rings is 1. The van der Waals surface area contributed by atoms with Crippen molar-refractivity contribution in [1.82, 2.24) is 10.3 Å². The fourth-order valence-electron chi connectivity index (χ4n) is 6.72. The molecule has 2 aliphatic carbocycles. The number of anilines is 1. The van der Waals surface area contributed by atoms with Crippen molar-refractivity contribution in [3.05, 3.63) is 70.7 Å². The number of ether oxygens (including phenoxy) is 2. The summed E-state index contributed by atoms with van der Waals surface area (Å²) < 4.78 is 10.8. The van der Waals surface area contributed by atoms with E-state index < -0.39 is 11.5 Å². The molecule has 0 saturated heterocycles. The summed E-state index contributed by atoms with van der Waals surface area (Å²) in [5.41, 5.74) is 0.670. The third kappa shape index (κ3) is 6.02. The molecule has 2 amide bonds. The van der Waals surface area contributed by atoms with E-state index >= 15 is 0 Å². The van der Waals surface area contributed by atoms with Crippen molar-refractivity contribution in [1.29, 1.82) is 0 Å². The maximum absolute atomic E-state index is 13.4. The fraction of sp³-hybridized carbons (Fsp3) is 0.469. The molecule has 5 unspecified atom stereocenters. The van der Waals surface area contributed by atoms with Gasteiger partial charge < -0.3 is 25.0 Å². The van der Waals surface area contributed by atoms with Gasteiger partial charge in [-0.05, 0) is 60.4 Å². The zero-order valence-corrected chi connectivity index (χ0v) is 25.1. The highest BCUT2D eigenvalue weighted by molar-refractivity contribution is 7.15. The van der Waals surface area contributed by atoms with E-state index in [1.807, 2.05) is 49.4 Å². The molecule has 0 spiro atoms. The Kier molecular flexibility index (Phi) is 8.86.